The highest BCUT2D eigenvalue weighted by Gasteiger charge is 2.41. The predicted octanol–water partition coefficient (Wildman–Crippen LogP) is 4.01. The molecule has 1 heterocycles. The maximum absolute atomic E-state index is 12.9. The number of carbonyl (C=O) groups is 1. The van der Waals surface area contributed by atoms with Gasteiger partial charge in [-0.1, -0.05) is 55.9 Å². The summed E-state index contributed by atoms with van der Waals surface area (Å²) < 4.78 is 0. The number of benzene rings is 1. The van der Waals surface area contributed by atoms with Crippen LogP contribution in [0.25, 0.3) is 0 Å². The lowest BCUT2D eigenvalue weighted by Crippen LogP contribution is -2.36. The lowest BCUT2D eigenvalue weighted by Gasteiger charge is -2.38. The second-order valence-electron chi connectivity index (χ2n) is 7.10. The zero-order valence-electron chi connectivity index (χ0n) is 14.3. The van der Waals surface area contributed by atoms with Gasteiger partial charge in [0.25, 0.3) is 0 Å². The number of hydrogen-bond acceptors (Lipinski definition) is 5. The fraction of sp³-hybridized carbons (Fsp3) is 0.350. The Labute approximate surface area is 152 Å². The van der Waals surface area contributed by atoms with Gasteiger partial charge in [0.2, 0.25) is 0 Å². The smallest absolute Gasteiger partial charge is 0.162 e. The molecule has 1 aliphatic heterocycles. The van der Waals surface area contributed by atoms with Gasteiger partial charge < -0.3 is 5.32 Å². The molecule has 25 heavy (non-hydrogen) atoms. The van der Waals surface area contributed by atoms with Crippen molar-refractivity contribution in [1.82, 2.24) is 5.32 Å². The molecule has 1 atom stereocenters. The number of dihydropyridines is 1. The van der Waals surface area contributed by atoms with Crippen LogP contribution in [-0.4, -0.2) is 11.5 Å². The zero-order valence-corrected chi connectivity index (χ0v) is 15.1. The first-order valence-electron chi connectivity index (χ1n) is 8.19. The lowest BCUT2D eigenvalue weighted by atomic mass is 9.69. The summed E-state index contributed by atoms with van der Waals surface area (Å²) in [6.45, 7) is 4.17. The van der Waals surface area contributed by atoms with Crippen LogP contribution in [0.5, 0.6) is 0 Å². The molecule has 0 saturated heterocycles. The van der Waals surface area contributed by atoms with Crippen LogP contribution in [0.1, 0.15) is 38.2 Å². The predicted molar refractivity (Wildman–Crippen MR) is 98.1 cm³/mol. The van der Waals surface area contributed by atoms with Crippen LogP contribution >= 0.6 is 11.8 Å². The van der Waals surface area contributed by atoms with Crippen LogP contribution in [0.3, 0.4) is 0 Å². The Morgan fingerprint density at radius 2 is 1.96 bits per heavy atom. The molecule has 0 spiro atoms. The van der Waals surface area contributed by atoms with Gasteiger partial charge in [-0.2, -0.15) is 10.5 Å². The SMILES string of the molecule is CC1(C)CC(=O)C2=C(C1)NC(SCC#N)=C(C#N)[C@H]2c1ccccc1. The molecule has 4 nitrogen and oxygen atoms in total. The largest absolute Gasteiger partial charge is 0.352 e. The van der Waals surface area contributed by atoms with E-state index in [1.165, 1.54) is 11.8 Å². The van der Waals surface area contributed by atoms with Gasteiger partial charge in [-0.05, 0) is 17.4 Å². The van der Waals surface area contributed by atoms with Gasteiger partial charge in [0.15, 0.2) is 5.78 Å². The fourth-order valence-corrected chi connectivity index (χ4v) is 4.30. The van der Waals surface area contributed by atoms with E-state index < -0.39 is 0 Å². The number of allylic oxidation sites excluding steroid dienone is 3. The van der Waals surface area contributed by atoms with Gasteiger partial charge >= 0.3 is 0 Å². The average molecular weight is 349 g/mol. The summed E-state index contributed by atoms with van der Waals surface area (Å²) in [6, 6.07) is 14.1. The van der Waals surface area contributed by atoms with Crippen molar-refractivity contribution in [2.45, 2.75) is 32.6 Å². The molecule has 1 aromatic carbocycles. The Hall–Kier alpha value is -2.50. The number of carbonyl (C=O) groups excluding carboxylic acids is 1. The molecule has 0 saturated carbocycles. The average Bonchev–Trinajstić information content (AvgIpc) is 2.58. The van der Waals surface area contributed by atoms with E-state index in [0.717, 1.165) is 17.7 Å². The first-order valence-corrected chi connectivity index (χ1v) is 9.17. The number of nitrogens with one attached hydrogen (secondary N) is 1. The molecule has 0 fully saturated rings. The van der Waals surface area contributed by atoms with Crippen molar-refractivity contribution in [2.24, 2.45) is 5.41 Å². The number of nitrogens with zero attached hydrogens (tertiary/aromatic N) is 2. The van der Waals surface area contributed by atoms with Gasteiger partial charge in [-0.15, -0.1) is 0 Å². The second kappa shape index (κ2) is 6.78. The van der Waals surface area contributed by atoms with Crippen molar-refractivity contribution in [2.75, 3.05) is 5.75 Å². The maximum Gasteiger partial charge on any atom is 0.162 e. The Kier molecular flexibility index (Phi) is 4.70. The summed E-state index contributed by atoms with van der Waals surface area (Å²) in [5.41, 5.74) is 2.96. The van der Waals surface area contributed by atoms with Crippen molar-refractivity contribution in [3.63, 3.8) is 0 Å². The van der Waals surface area contributed by atoms with Crippen LogP contribution in [0.2, 0.25) is 0 Å². The zero-order chi connectivity index (χ0) is 18.0. The summed E-state index contributed by atoms with van der Waals surface area (Å²) in [4.78, 5) is 12.9. The molecule has 0 radical (unpaired) electrons. The van der Waals surface area contributed by atoms with E-state index in [0.29, 0.717) is 22.6 Å². The molecule has 3 rings (SSSR count). The monoisotopic (exact) mass is 349 g/mol. The van der Waals surface area contributed by atoms with Crippen LogP contribution < -0.4 is 5.32 Å². The van der Waals surface area contributed by atoms with Crippen LogP contribution in [0.15, 0.2) is 52.2 Å². The van der Waals surface area contributed by atoms with Crippen molar-refractivity contribution in [1.29, 1.82) is 10.5 Å². The molecule has 2 aliphatic rings. The topological polar surface area (TPSA) is 76.7 Å². The second-order valence-corrected chi connectivity index (χ2v) is 8.09. The molecule has 1 aromatic rings. The Bertz CT molecular complexity index is 853. The highest BCUT2D eigenvalue weighted by molar-refractivity contribution is 8.03. The van der Waals surface area contributed by atoms with Crippen molar-refractivity contribution >= 4 is 17.5 Å². The number of rotatable bonds is 3. The van der Waals surface area contributed by atoms with Crippen LogP contribution in [-0.2, 0) is 4.79 Å². The first-order chi connectivity index (χ1) is 12.0. The van der Waals surface area contributed by atoms with Crippen LogP contribution in [0, 0.1) is 28.1 Å². The molecule has 0 unspecified atom stereocenters. The summed E-state index contributed by atoms with van der Waals surface area (Å²) >= 11 is 1.33. The third-order valence-corrected chi connectivity index (χ3v) is 5.42. The van der Waals surface area contributed by atoms with Gasteiger partial charge in [0, 0.05) is 17.7 Å². The summed E-state index contributed by atoms with van der Waals surface area (Å²) in [6.07, 6.45) is 1.24. The Morgan fingerprint density at radius 1 is 1.24 bits per heavy atom. The molecular weight excluding hydrogens is 330 g/mol. The van der Waals surface area contributed by atoms with Crippen molar-refractivity contribution in [3.8, 4) is 12.1 Å². The van der Waals surface area contributed by atoms with E-state index in [2.05, 4.69) is 31.3 Å². The fourth-order valence-electron chi connectivity index (χ4n) is 3.57. The quantitative estimate of drug-likeness (QED) is 0.892. The van der Waals surface area contributed by atoms with Gasteiger partial charge in [0.05, 0.1) is 34.4 Å². The standard InChI is InChI=1S/C20H19N3OS/c1-20(2)10-15-18(16(24)11-20)17(13-6-4-3-5-7-13)14(12-22)19(23-15)25-9-8-21/h3-7,17,23H,9-11H2,1-2H3/t17-/m1/s1. The van der Waals surface area contributed by atoms with E-state index >= 15 is 0 Å². The molecule has 0 bridgehead atoms. The highest BCUT2D eigenvalue weighted by Crippen LogP contribution is 2.47. The molecule has 1 N–H and O–H groups in total. The van der Waals surface area contributed by atoms with E-state index in [-0.39, 0.29) is 22.9 Å². The molecule has 5 heteroatoms. The number of thioether (sulfide) groups is 1. The lowest BCUT2D eigenvalue weighted by molar-refractivity contribution is -0.118. The summed E-state index contributed by atoms with van der Waals surface area (Å²) in [5, 5.41) is 22.7. The number of nitriles is 2. The van der Waals surface area contributed by atoms with Gasteiger partial charge in [0.1, 0.15) is 0 Å². The molecular formula is C20H19N3OS. The van der Waals surface area contributed by atoms with Crippen molar-refractivity contribution in [3.05, 3.63) is 57.8 Å². The Morgan fingerprint density at radius 3 is 2.60 bits per heavy atom. The minimum absolute atomic E-state index is 0.102. The van der Waals surface area contributed by atoms with Crippen LogP contribution in [0.4, 0.5) is 0 Å². The molecule has 0 amide bonds. The van der Waals surface area contributed by atoms with E-state index in [1.807, 2.05) is 30.3 Å². The first kappa shape index (κ1) is 17.3. The number of hydrogen-bond donors (Lipinski definition) is 1. The third-order valence-electron chi connectivity index (χ3n) is 4.54. The summed E-state index contributed by atoms with van der Waals surface area (Å²) in [5.74, 6) is 0.00606. The van der Waals surface area contributed by atoms with Gasteiger partial charge in [-0.25, -0.2) is 0 Å². The van der Waals surface area contributed by atoms with Gasteiger partial charge in [-0.3, -0.25) is 4.79 Å². The molecule has 126 valence electrons. The Balaban J connectivity index is 2.16. The maximum atomic E-state index is 12.9. The molecule has 1 aliphatic carbocycles. The number of Topliss-reactive ketones (excluding diaryl/α,β-unsaturated/α-hetero) is 1. The normalized spacial score (nSPS) is 21.9. The van der Waals surface area contributed by atoms with E-state index in [9.17, 15) is 10.1 Å². The summed E-state index contributed by atoms with van der Waals surface area (Å²) in [7, 11) is 0. The minimum atomic E-state index is -0.354. The third kappa shape index (κ3) is 3.34. The minimum Gasteiger partial charge on any atom is -0.352 e. The molecule has 0 aromatic heterocycles. The van der Waals surface area contributed by atoms with E-state index in [4.69, 9.17) is 5.26 Å². The number of ketones is 1. The van der Waals surface area contributed by atoms with Crippen molar-refractivity contribution < 1.29 is 4.79 Å². The van der Waals surface area contributed by atoms with E-state index in [1.54, 1.807) is 0 Å². The highest BCUT2D eigenvalue weighted by atomic mass is 32.2.